The lowest BCUT2D eigenvalue weighted by molar-refractivity contribution is -0.0467. The van der Waals surface area contributed by atoms with Gasteiger partial charge in [-0.25, -0.2) is 0 Å². The second kappa shape index (κ2) is 19.3. The molecule has 254 valence electrons. The van der Waals surface area contributed by atoms with E-state index in [0.29, 0.717) is 13.1 Å². The first kappa shape index (κ1) is 41.5. The fraction of sp³-hybridized carbons (Fsp3) is 0.760. The van der Waals surface area contributed by atoms with E-state index in [9.17, 15) is 13.7 Å². The second-order valence-electron chi connectivity index (χ2n) is 11.3. The highest BCUT2D eigenvalue weighted by atomic mass is 31.2. The zero-order chi connectivity index (χ0) is 33.7. The Hall–Kier alpha value is -0.505. The Morgan fingerprint density at radius 3 is 1.43 bits per heavy atom. The van der Waals surface area contributed by atoms with Gasteiger partial charge in [0.15, 0.2) is 0 Å². The Kier molecular flexibility index (Phi) is 18.3. The van der Waals surface area contributed by atoms with Gasteiger partial charge in [-0.1, -0.05) is 0 Å². The van der Waals surface area contributed by atoms with Crippen molar-refractivity contribution in [3.63, 3.8) is 0 Å². The normalized spacial score (nSPS) is 30.8. The largest absolute Gasteiger partial charge is 0.379 e. The fourth-order valence-electron chi connectivity index (χ4n) is 4.55. The van der Waals surface area contributed by atoms with E-state index in [-0.39, 0.29) is 36.5 Å². The summed E-state index contributed by atoms with van der Waals surface area (Å²) in [5.74, 6) is 2.70. The van der Waals surface area contributed by atoms with Gasteiger partial charge in [-0.05, 0) is 72.6 Å². The number of ether oxygens (including phenoxy) is 3. The highest BCUT2D eigenvalue weighted by Gasteiger charge is 2.22. The van der Waals surface area contributed by atoms with E-state index < -0.39 is 22.8 Å². The minimum absolute atomic E-state index is 0.0870. The van der Waals surface area contributed by atoms with E-state index in [1.807, 2.05) is 39.9 Å². The Morgan fingerprint density at radius 1 is 0.591 bits per heavy atom. The first-order valence-corrected chi connectivity index (χ1v) is 19.2. The molecule has 15 nitrogen and oxygen atoms in total. The van der Waals surface area contributed by atoms with Gasteiger partial charge in [0.2, 0.25) is 0 Å². The number of likely N-dealkylation sites (N-methyl/N-ethyl adjacent to an activating group) is 3. The van der Waals surface area contributed by atoms with Crippen LogP contribution in [0, 0.1) is 0 Å². The summed E-state index contributed by atoms with van der Waals surface area (Å²) >= 11 is 0. The predicted molar refractivity (Wildman–Crippen MR) is 168 cm³/mol. The zero-order valence-corrected chi connectivity index (χ0v) is 28.7. The molecule has 0 aromatic carbocycles. The molecule has 0 spiro atoms. The zero-order valence-electron chi connectivity index (χ0n) is 26.0. The summed E-state index contributed by atoms with van der Waals surface area (Å²) in [5, 5.41) is 0. The molecule has 6 N–H and O–H groups in total. The molecular weight excluding hydrogens is 638 g/mol. The van der Waals surface area contributed by atoms with Crippen LogP contribution in [0.5, 0.6) is 0 Å². The van der Waals surface area contributed by atoms with Crippen LogP contribution in [0.15, 0.2) is 35.7 Å². The van der Waals surface area contributed by atoms with E-state index >= 15 is 0 Å². The lowest BCUT2D eigenvalue weighted by atomic mass is 9.97. The van der Waals surface area contributed by atoms with Crippen molar-refractivity contribution in [1.29, 1.82) is 0 Å². The molecule has 6 unspecified atom stereocenters. The van der Waals surface area contributed by atoms with Gasteiger partial charge in [0.05, 0.1) is 30.5 Å². The standard InChI is InChI=1S/C9H18NO4P.C8H15BNO4P.C8H16NO4P/c1-8-7-10(2)5-3-9(14-8)4-6-15(11,12)13;1-10-4-2-8(9)14-7(6-10)3-5-15(11,12)13;1-7-5-9(2)6-8(13-7)3-4-14(10,11)12/h4,6,8-9H,3,5,7H2,1-2H3,(H2,11,12,13);3,5,7-8H,2,4,6H2,1H3,(H2,11,12,13);3-4,7-8H,5-6H2,1-2H3,(H2,10,11,12)/b6-4+;5-3+;4-3+. The molecule has 3 aliphatic heterocycles. The van der Waals surface area contributed by atoms with Gasteiger partial charge in [-0.3, -0.25) is 13.7 Å². The van der Waals surface area contributed by atoms with Crippen molar-refractivity contribution in [2.24, 2.45) is 0 Å². The van der Waals surface area contributed by atoms with Crippen LogP contribution in [0.25, 0.3) is 0 Å². The summed E-state index contributed by atoms with van der Waals surface area (Å²) in [6.07, 6.45) is 5.16. The van der Waals surface area contributed by atoms with Gasteiger partial charge in [0.1, 0.15) is 7.85 Å². The highest BCUT2D eigenvalue weighted by Crippen LogP contribution is 2.37. The van der Waals surface area contributed by atoms with E-state index in [0.717, 1.165) is 56.5 Å². The number of hydrogen-bond donors (Lipinski definition) is 6. The van der Waals surface area contributed by atoms with Gasteiger partial charge >= 0.3 is 22.8 Å². The molecule has 44 heavy (non-hydrogen) atoms. The summed E-state index contributed by atoms with van der Waals surface area (Å²) in [4.78, 5) is 58.2. The van der Waals surface area contributed by atoms with Crippen LogP contribution in [0.4, 0.5) is 0 Å². The number of nitrogens with zero attached hydrogens (tertiary/aromatic N) is 3. The fourth-order valence-corrected chi connectivity index (χ4v) is 5.80. The molecule has 6 atom stereocenters. The van der Waals surface area contributed by atoms with Crippen molar-refractivity contribution in [3.8, 4) is 0 Å². The molecule has 0 aromatic rings. The molecule has 3 rings (SSSR count). The van der Waals surface area contributed by atoms with Crippen molar-refractivity contribution in [1.82, 2.24) is 14.7 Å². The third-order valence-corrected chi connectivity index (χ3v) is 8.04. The molecule has 3 fully saturated rings. The Bertz CT molecular complexity index is 1060. The molecule has 3 saturated heterocycles. The number of hydrogen-bond acceptors (Lipinski definition) is 9. The van der Waals surface area contributed by atoms with Crippen LogP contribution in [0.1, 0.15) is 26.7 Å². The number of rotatable bonds is 6. The number of morpholine rings is 1. The third-order valence-electron chi connectivity index (χ3n) is 6.36. The Morgan fingerprint density at radius 2 is 0.955 bits per heavy atom. The van der Waals surface area contributed by atoms with Crippen molar-refractivity contribution < 1.29 is 57.3 Å². The monoisotopic (exact) mass is 687 g/mol. The maximum atomic E-state index is 10.6. The van der Waals surface area contributed by atoms with Gasteiger partial charge in [-0.2, -0.15) is 0 Å². The maximum Gasteiger partial charge on any atom is 0.348 e. The molecule has 0 saturated carbocycles. The van der Waals surface area contributed by atoms with Crippen LogP contribution < -0.4 is 0 Å². The summed E-state index contributed by atoms with van der Waals surface area (Å²) in [6, 6.07) is -0.374. The summed E-state index contributed by atoms with van der Waals surface area (Å²) in [6.45, 7) is 8.54. The molecule has 2 radical (unpaired) electrons. The van der Waals surface area contributed by atoms with Gasteiger partial charge in [0, 0.05) is 56.2 Å². The maximum absolute atomic E-state index is 10.6. The summed E-state index contributed by atoms with van der Waals surface area (Å²) in [5.41, 5.74) is 0. The van der Waals surface area contributed by atoms with E-state index in [4.69, 9.17) is 51.4 Å². The van der Waals surface area contributed by atoms with Crippen LogP contribution in [0.3, 0.4) is 0 Å². The van der Waals surface area contributed by atoms with Gasteiger partial charge < -0.3 is 58.3 Å². The predicted octanol–water partition coefficient (Wildman–Crippen LogP) is 1.08. The molecule has 19 heteroatoms. The third kappa shape index (κ3) is 22.1. The van der Waals surface area contributed by atoms with Crippen molar-refractivity contribution in [2.45, 2.75) is 63.2 Å². The molecule has 3 heterocycles. The summed E-state index contributed by atoms with van der Waals surface area (Å²) < 4.78 is 48.3. The van der Waals surface area contributed by atoms with E-state index in [2.05, 4.69) is 9.80 Å². The Balaban J connectivity index is 0.000000330. The van der Waals surface area contributed by atoms with E-state index in [1.54, 1.807) is 0 Å². The molecule has 0 bridgehead atoms. The quantitative estimate of drug-likeness (QED) is 0.171. The molecule has 0 aromatic heterocycles. The van der Waals surface area contributed by atoms with Gasteiger partial charge in [-0.15, -0.1) is 0 Å². The van der Waals surface area contributed by atoms with Gasteiger partial charge in [0.25, 0.3) is 0 Å². The highest BCUT2D eigenvalue weighted by molar-refractivity contribution is 7.55. The first-order chi connectivity index (χ1) is 20.1. The first-order valence-electron chi connectivity index (χ1n) is 14.1. The SMILES string of the molecule is CC1CN(C)CC(/C=C/P(=O)(O)O)O1.CC1CN(C)CCC(/C=C/P(=O)(O)O)O1.[B]C1CCN(C)CC(/C=C/P(=O)(O)O)O1. The molecule has 3 aliphatic rings. The molecule has 0 amide bonds. The summed E-state index contributed by atoms with van der Waals surface area (Å²) in [7, 11) is -0.682. The lowest BCUT2D eigenvalue weighted by Gasteiger charge is -2.32. The minimum Gasteiger partial charge on any atom is -0.379 e. The average molecular weight is 687 g/mol. The molecule has 0 aliphatic carbocycles. The van der Waals surface area contributed by atoms with Crippen LogP contribution in [-0.4, -0.2) is 149 Å². The average Bonchev–Trinajstić information content (AvgIpc) is 3.12. The minimum atomic E-state index is -4.11. The van der Waals surface area contributed by atoms with Crippen molar-refractivity contribution in [3.05, 3.63) is 35.7 Å². The Labute approximate surface area is 261 Å². The second-order valence-corrected chi connectivity index (χ2v) is 15.7. The van der Waals surface area contributed by atoms with Crippen LogP contribution >= 0.6 is 22.8 Å². The van der Waals surface area contributed by atoms with Crippen molar-refractivity contribution >= 4 is 30.6 Å². The van der Waals surface area contributed by atoms with Crippen LogP contribution in [-0.2, 0) is 27.9 Å². The topological polar surface area (TPSA) is 210 Å². The van der Waals surface area contributed by atoms with E-state index in [1.165, 1.54) is 18.2 Å². The van der Waals surface area contributed by atoms with Crippen molar-refractivity contribution in [2.75, 3.05) is 60.4 Å². The smallest absolute Gasteiger partial charge is 0.348 e. The lowest BCUT2D eigenvalue weighted by Crippen LogP contribution is -2.43. The van der Waals surface area contributed by atoms with Crippen LogP contribution in [0.2, 0.25) is 0 Å². The molecular formula is C25H49BN3O12P3.